The molecule has 0 unspecified atom stereocenters. The Morgan fingerprint density at radius 3 is 0.893 bits per heavy atom. The average molecular weight is 465 g/mol. The first-order chi connectivity index (χ1) is 12.5. The van der Waals surface area contributed by atoms with Crippen molar-refractivity contribution in [2.75, 3.05) is 39.5 Å². The van der Waals surface area contributed by atoms with Gasteiger partial charge in [0, 0.05) is 26.3 Å². The van der Waals surface area contributed by atoms with Crippen LogP contribution in [0.25, 0.3) is 0 Å². The van der Waals surface area contributed by atoms with Crippen molar-refractivity contribution >= 4 is 32.9 Å². The van der Waals surface area contributed by atoms with Crippen molar-refractivity contribution in [1.82, 2.24) is 8.46 Å². The summed E-state index contributed by atoms with van der Waals surface area (Å²) in [5, 5.41) is 0. The maximum absolute atomic E-state index is 5.94. The predicted octanol–water partition coefficient (Wildman–Crippen LogP) is 5.74. The number of nitrogens with zero attached hydrogens (tertiary/aromatic N) is 2. The molecule has 28 heavy (non-hydrogen) atoms. The maximum Gasteiger partial charge on any atom is 0.112 e. The Balaban J connectivity index is 3.91. The number of hydrogen-bond acceptors (Lipinski definition) is 4. The number of rotatable bonds is 15. The molecule has 8 heteroatoms. The minimum atomic E-state index is -1.25. The van der Waals surface area contributed by atoms with Gasteiger partial charge in [-0.1, -0.05) is 78.6 Å². The number of hydrogen-bond donors (Lipinski definition) is 0. The first kappa shape index (κ1) is 28.7. The van der Waals surface area contributed by atoms with E-state index in [1.54, 1.807) is 0 Å². The van der Waals surface area contributed by atoms with E-state index in [0.29, 0.717) is 0 Å². The van der Waals surface area contributed by atoms with Gasteiger partial charge in [0.1, 0.15) is 32.9 Å². The minimum absolute atomic E-state index is 0.866. The topological polar surface area (TPSA) is 24.9 Å². The van der Waals surface area contributed by atoms with Gasteiger partial charge in [-0.25, -0.2) is 0 Å². The molecule has 0 aromatic carbocycles. The molecule has 0 saturated heterocycles. The Morgan fingerprint density at radius 2 is 0.679 bits per heavy atom. The second-order valence-corrected chi connectivity index (χ2v) is 32.3. The summed E-state index contributed by atoms with van der Waals surface area (Å²) < 4.78 is 17.5. The lowest BCUT2D eigenvalue weighted by Gasteiger charge is -2.43. The van der Waals surface area contributed by atoms with Crippen molar-refractivity contribution in [3.05, 3.63) is 0 Å². The Morgan fingerprint density at radius 1 is 0.429 bits per heavy atom. The van der Waals surface area contributed by atoms with Crippen molar-refractivity contribution in [1.29, 1.82) is 0 Å². The maximum atomic E-state index is 5.94. The molecule has 0 heterocycles. The highest BCUT2D eigenvalue weighted by molar-refractivity contribution is 6.90. The highest BCUT2D eigenvalue weighted by Gasteiger charge is 2.34. The minimum Gasteiger partial charge on any atom is -0.380 e. The molecule has 0 saturated carbocycles. The van der Waals surface area contributed by atoms with E-state index in [2.05, 4.69) is 87.0 Å². The van der Waals surface area contributed by atoms with Crippen molar-refractivity contribution in [2.24, 2.45) is 0 Å². The first-order valence-corrected chi connectivity index (χ1v) is 25.0. The van der Waals surface area contributed by atoms with Crippen LogP contribution in [0.4, 0.5) is 0 Å². The normalized spacial score (nSPS) is 14.4. The fraction of sp³-hybridized carbons (Fsp3) is 1.00. The standard InChI is InChI=1S/C20H52N2O2Si4/c1-25(2,3)21(26(4,5)6)15-19-23-17-13-14-18-24-20-16-22(27(7,8)9)28(10,11)12/h13-20H2,1-12H3. The summed E-state index contributed by atoms with van der Waals surface area (Å²) in [4.78, 5) is 0. The van der Waals surface area contributed by atoms with Crippen LogP contribution in [0.5, 0.6) is 0 Å². The van der Waals surface area contributed by atoms with Crippen molar-refractivity contribution in [2.45, 2.75) is 91.4 Å². The van der Waals surface area contributed by atoms with Crippen LogP contribution in [0.3, 0.4) is 0 Å². The van der Waals surface area contributed by atoms with Gasteiger partial charge in [0.2, 0.25) is 0 Å². The average Bonchev–Trinajstić information content (AvgIpc) is 2.42. The van der Waals surface area contributed by atoms with Gasteiger partial charge in [-0.05, 0) is 12.8 Å². The lowest BCUT2D eigenvalue weighted by atomic mass is 10.3. The molecular weight excluding hydrogens is 413 g/mol. The molecule has 0 aliphatic rings. The van der Waals surface area contributed by atoms with E-state index in [1.165, 1.54) is 0 Å². The smallest absolute Gasteiger partial charge is 0.112 e. The van der Waals surface area contributed by atoms with Crippen molar-refractivity contribution < 1.29 is 9.47 Å². The van der Waals surface area contributed by atoms with Crippen LogP contribution in [0.1, 0.15) is 12.8 Å². The lowest BCUT2D eigenvalue weighted by molar-refractivity contribution is 0.0996. The molecular formula is C20H52N2O2Si4. The van der Waals surface area contributed by atoms with Crippen LogP contribution < -0.4 is 0 Å². The fourth-order valence-corrected chi connectivity index (χ4v) is 23.4. The van der Waals surface area contributed by atoms with Gasteiger partial charge in [-0.15, -0.1) is 0 Å². The molecule has 0 aliphatic heterocycles. The van der Waals surface area contributed by atoms with E-state index in [-0.39, 0.29) is 0 Å². The van der Waals surface area contributed by atoms with Crippen molar-refractivity contribution in [3.8, 4) is 0 Å². The zero-order valence-electron chi connectivity index (χ0n) is 21.4. The van der Waals surface area contributed by atoms with E-state index in [9.17, 15) is 0 Å². The SMILES string of the molecule is C[Si](C)(C)N(CCOCCCCOCCN([Si](C)(C)C)[Si](C)(C)C)[Si](C)(C)C. The van der Waals surface area contributed by atoms with E-state index >= 15 is 0 Å². The third kappa shape index (κ3) is 12.4. The zero-order chi connectivity index (χ0) is 22.2. The summed E-state index contributed by atoms with van der Waals surface area (Å²) in [6, 6.07) is 0. The summed E-state index contributed by atoms with van der Waals surface area (Å²) in [6.45, 7) is 35.1. The van der Waals surface area contributed by atoms with Gasteiger partial charge in [-0.3, -0.25) is 0 Å². The van der Waals surface area contributed by atoms with Gasteiger partial charge >= 0.3 is 0 Å². The fourth-order valence-electron chi connectivity index (χ4n) is 4.28. The molecule has 0 radical (unpaired) electrons. The molecule has 0 aromatic heterocycles. The van der Waals surface area contributed by atoms with Crippen LogP contribution in [0.2, 0.25) is 78.6 Å². The molecule has 170 valence electrons. The third-order valence-corrected chi connectivity index (χ3v) is 20.4. The van der Waals surface area contributed by atoms with Gasteiger partial charge in [0.25, 0.3) is 0 Å². The number of unbranched alkanes of at least 4 members (excludes halogenated alkanes) is 1. The monoisotopic (exact) mass is 464 g/mol. The van der Waals surface area contributed by atoms with E-state index in [0.717, 1.165) is 52.4 Å². The summed E-state index contributed by atoms with van der Waals surface area (Å²) in [5.74, 6) is 0. The van der Waals surface area contributed by atoms with E-state index in [4.69, 9.17) is 9.47 Å². The highest BCUT2D eigenvalue weighted by atomic mass is 28.4. The largest absolute Gasteiger partial charge is 0.380 e. The molecule has 0 rings (SSSR count). The molecule has 4 nitrogen and oxygen atoms in total. The van der Waals surface area contributed by atoms with E-state index in [1.807, 2.05) is 0 Å². The van der Waals surface area contributed by atoms with Gasteiger partial charge in [0.05, 0.1) is 13.2 Å². The Kier molecular flexibility index (Phi) is 12.2. The van der Waals surface area contributed by atoms with E-state index < -0.39 is 32.9 Å². The van der Waals surface area contributed by atoms with Gasteiger partial charge in [0.15, 0.2) is 0 Å². The molecule has 0 amide bonds. The Bertz CT molecular complexity index is 356. The van der Waals surface area contributed by atoms with Crippen LogP contribution in [-0.2, 0) is 9.47 Å². The molecule has 0 N–H and O–H groups in total. The quantitative estimate of drug-likeness (QED) is 0.228. The summed E-state index contributed by atoms with van der Waals surface area (Å²) in [6.07, 6.45) is 2.21. The predicted molar refractivity (Wildman–Crippen MR) is 138 cm³/mol. The van der Waals surface area contributed by atoms with Crippen LogP contribution >= 0.6 is 0 Å². The van der Waals surface area contributed by atoms with Gasteiger partial charge < -0.3 is 17.9 Å². The highest BCUT2D eigenvalue weighted by Crippen LogP contribution is 2.20. The summed E-state index contributed by atoms with van der Waals surface area (Å²) in [7, 11) is -5.01. The second kappa shape index (κ2) is 11.9. The summed E-state index contributed by atoms with van der Waals surface area (Å²) >= 11 is 0. The Hall–Kier alpha value is 0.708. The van der Waals surface area contributed by atoms with Crippen molar-refractivity contribution in [3.63, 3.8) is 0 Å². The van der Waals surface area contributed by atoms with Crippen LogP contribution in [0, 0.1) is 0 Å². The zero-order valence-corrected chi connectivity index (χ0v) is 25.4. The molecule has 0 aromatic rings. The molecule has 0 atom stereocenters. The first-order valence-electron chi connectivity index (χ1n) is 11.2. The molecule has 0 fully saturated rings. The molecule has 0 aliphatic carbocycles. The lowest BCUT2D eigenvalue weighted by Crippen LogP contribution is -2.60. The second-order valence-electron chi connectivity index (χ2n) is 11.9. The Labute approximate surface area is 181 Å². The van der Waals surface area contributed by atoms with Crippen LogP contribution in [0.15, 0.2) is 0 Å². The third-order valence-electron chi connectivity index (χ3n) is 4.98. The van der Waals surface area contributed by atoms with Crippen LogP contribution in [-0.4, -0.2) is 80.9 Å². The molecule has 0 spiro atoms. The molecule has 0 bridgehead atoms. The summed E-state index contributed by atoms with van der Waals surface area (Å²) in [5.41, 5.74) is 0. The van der Waals surface area contributed by atoms with Gasteiger partial charge in [-0.2, -0.15) is 0 Å². The number of ether oxygens (including phenoxy) is 2.